The van der Waals surface area contributed by atoms with Gasteiger partial charge in [0.05, 0.1) is 23.7 Å². The van der Waals surface area contributed by atoms with Crippen molar-refractivity contribution in [1.29, 1.82) is 0 Å². The Kier molecular flexibility index (Phi) is 13.5. The molecule has 2 saturated heterocycles. The smallest absolute Gasteiger partial charge is 0.241 e. The Labute approximate surface area is 314 Å². The Morgan fingerprint density at radius 2 is 1.42 bits per heavy atom. The van der Waals surface area contributed by atoms with E-state index in [1.165, 1.54) is 32.1 Å². The quantitative estimate of drug-likeness (QED) is 0.139. The molecule has 2 aliphatic rings. The summed E-state index contributed by atoms with van der Waals surface area (Å²) in [5.41, 5.74) is 5.45. The lowest BCUT2D eigenvalue weighted by atomic mass is 9.89. The largest absolute Gasteiger partial charge is 0.392 e. The summed E-state index contributed by atoms with van der Waals surface area (Å²) in [7, 11) is -3.95. The molecule has 4 aromatic carbocycles. The zero-order valence-corrected chi connectivity index (χ0v) is 31.6. The summed E-state index contributed by atoms with van der Waals surface area (Å²) in [4.78, 5) is 16.2. The van der Waals surface area contributed by atoms with Crippen molar-refractivity contribution in [3.8, 4) is 0 Å². The van der Waals surface area contributed by atoms with Crippen LogP contribution in [0.3, 0.4) is 0 Å². The van der Waals surface area contributed by atoms with Crippen LogP contribution in [0.25, 0.3) is 0 Å². The predicted molar refractivity (Wildman–Crippen MR) is 206 cm³/mol. The van der Waals surface area contributed by atoms with Gasteiger partial charge in [-0.3, -0.25) is 4.79 Å². The van der Waals surface area contributed by atoms with Crippen molar-refractivity contribution in [3.05, 3.63) is 137 Å². The number of hydrogen-bond donors (Lipinski definition) is 3. The van der Waals surface area contributed by atoms with E-state index in [4.69, 9.17) is 9.47 Å². The summed E-state index contributed by atoms with van der Waals surface area (Å²) in [6.45, 7) is 7.30. The molecule has 0 aliphatic carbocycles. The molecule has 0 unspecified atom stereocenters. The van der Waals surface area contributed by atoms with Crippen LogP contribution >= 0.6 is 0 Å². The first-order chi connectivity index (χ1) is 25.7. The molecule has 9 nitrogen and oxygen atoms in total. The lowest BCUT2D eigenvalue weighted by Gasteiger charge is -2.43. The average molecular weight is 740 g/mol. The summed E-state index contributed by atoms with van der Waals surface area (Å²) >= 11 is 0. The molecule has 0 aromatic heterocycles. The van der Waals surface area contributed by atoms with Crippen molar-refractivity contribution < 1.29 is 27.8 Å². The maximum Gasteiger partial charge on any atom is 0.241 e. The van der Waals surface area contributed by atoms with Crippen molar-refractivity contribution in [2.24, 2.45) is 5.92 Å². The lowest BCUT2D eigenvalue weighted by molar-refractivity contribution is -0.276. The molecule has 282 valence electrons. The number of carbonyl (C=O) groups excluding carboxylic acids is 1. The molecule has 1 amide bonds. The summed E-state index contributed by atoms with van der Waals surface area (Å²) in [5, 5.41) is 12.6. The van der Waals surface area contributed by atoms with Crippen LogP contribution in [-0.2, 0) is 43.9 Å². The average Bonchev–Trinajstić information content (AvgIpc) is 3.16. The Bertz CT molecular complexity index is 1850. The number of hydrogen-bond acceptors (Lipinski definition) is 7. The van der Waals surface area contributed by atoms with Gasteiger partial charge in [0, 0.05) is 24.6 Å². The predicted octanol–water partition coefficient (Wildman–Crippen LogP) is 6.75. The first-order valence-corrected chi connectivity index (χ1v) is 20.4. The fraction of sp³-hybridized carbons (Fsp3) is 0.419. The van der Waals surface area contributed by atoms with E-state index >= 15 is 0 Å². The third-order valence-electron chi connectivity index (χ3n) is 10.5. The van der Waals surface area contributed by atoms with E-state index < -0.39 is 28.3 Å². The van der Waals surface area contributed by atoms with Crippen LogP contribution in [0.5, 0.6) is 0 Å². The highest BCUT2D eigenvalue weighted by Gasteiger charge is 2.39. The first-order valence-electron chi connectivity index (χ1n) is 18.9. The highest BCUT2D eigenvalue weighted by Crippen LogP contribution is 2.42. The van der Waals surface area contributed by atoms with Gasteiger partial charge in [-0.2, -0.15) is 4.72 Å². The topological polar surface area (TPSA) is 117 Å². The zero-order chi connectivity index (χ0) is 37.2. The molecule has 10 heteroatoms. The maximum absolute atomic E-state index is 13.6. The number of nitrogens with one attached hydrogen (secondary N) is 2. The summed E-state index contributed by atoms with van der Waals surface area (Å²) < 4.78 is 42.7. The summed E-state index contributed by atoms with van der Waals surface area (Å²) in [6, 6.07) is 30.8. The van der Waals surface area contributed by atoms with E-state index in [0.717, 1.165) is 53.0 Å². The molecular formula is C43H53N3O6S. The molecule has 6 rings (SSSR count). The van der Waals surface area contributed by atoms with Crippen LogP contribution < -0.4 is 10.0 Å². The van der Waals surface area contributed by atoms with E-state index in [1.807, 2.05) is 85.8 Å². The Hall–Kier alpha value is -3.90. The summed E-state index contributed by atoms with van der Waals surface area (Å²) in [6.07, 6.45) is 5.65. The summed E-state index contributed by atoms with van der Waals surface area (Å²) in [5.74, 6) is -0.304. The number of aryl methyl sites for hydroxylation is 1. The standard InChI is InChI=1S/C43H53N3O6S/c1-31-13-23-38(24-14-31)53(49,50)45-39(27-33-11-7-6-8-12-33)42(48)44-28-34-15-21-37(22-16-34)43-51-40(29-46-25-9-4-3-5-10-26-46)32(2)41(52-43)36-19-17-35(30-47)18-20-36/h6-8,11-24,32,39-41,43,45,47H,3-5,9-10,25-30H2,1-2H3,(H,44,48)/t32-,39-,40+,41+,43+/m1/s1. The molecule has 53 heavy (non-hydrogen) atoms. The first kappa shape index (κ1) is 38.8. The fourth-order valence-electron chi connectivity index (χ4n) is 7.19. The van der Waals surface area contributed by atoms with Gasteiger partial charge >= 0.3 is 0 Å². The minimum Gasteiger partial charge on any atom is -0.392 e. The second-order valence-corrected chi connectivity index (χ2v) is 16.2. The highest BCUT2D eigenvalue weighted by atomic mass is 32.2. The van der Waals surface area contributed by atoms with Crippen molar-refractivity contribution >= 4 is 15.9 Å². The lowest BCUT2D eigenvalue weighted by Crippen LogP contribution is -2.47. The molecule has 2 heterocycles. The third-order valence-corrected chi connectivity index (χ3v) is 11.9. The fourth-order valence-corrected chi connectivity index (χ4v) is 8.39. The molecule has 2 aliphatic heterocycles. The van der Waals surface area contributed by atoms with Gasteiger partial charge in [0.2, 0.25) is 15.9 Å². The second-order valence-electron chi connectivity index (χ2n) is 14.5. The number of nitrogens with zero attached hydrogens (tertiary/aromatic N) is 1. The Balaban J connectivity index is 1.15. The number of carbonyl (C=O) groups is 1. The van der Waals surface area contributed by atoms with Crippen LogP contribution in [0.2, 0.25) is 0 Å². The van der Waals surface area contributed by atoms with Gasteiger partial charge in [0.15, 0.2) is 6.29 Å². The molecule has 3 N–H and O–H groups in total. The van der Waals surface area contributed by atoms with Gasteiger partial charge < -0.3 is 24.8 Å². The Morgan fingerprint density at radius 3 is 2.08 bits per heavy atom. The molecule has 2 fully saturated rings. The molecule has 0 radical (unpaired) electrons. The second kappa shape index (κ2) is 18.4. The van der Waals surface area contributed by atoms with E-state index in [0.29, 0.717) is 0 Å². The number of ether oxygens (including phenoxy) is 2. The monoisotopic (exact) mass is 739 g/mol. The molecule has 5 atom stereocenters. The molecule has 4 aromatic rings. The number of amides is 1. The van der Waals surface area contributed by atoms with Gasteiger partial charge in [0.25, 0.3) is 0 Å². The van der Waals surface area contributed by atoms with Gasteiger partial charge in [0.1, 0.15) is 6.04 Å². The van der Waals surface area contributed by atoms with Crippen molar-refractivity contribution in [3.63, 3.8) is 0 Å². The molecular weight excluding hydrogens is 687 g/mol. The van der Waals surface area contributed by atoms with E-state index in [2.05, 4.69) is 21.9 Å². The molecule has 0 bridgehead atoms. The van der Waals surface area contributed by atoms with Crippen molar-refractivity contribution in [2.75, 3.05) is 19.6 Å². The van der Waals surface area contributed by atoms with Crippen LogP contribution in [0.15, 0.2) is 108 Å². The van der Waals surface area contributed by atoms with Gasteiger partial charge in [-0.1, -0.05) is 123 Å². The van der Waals surface area contributed by atoms with Crippen LogP contribution in [-0.4, -0.2) is 56.1 Å². The number of sulfonamides is 1. The zero-order valence-electron chi connectivity index (χ0n) is 30.8. The minimum atomic E-state index is -3.95. The van der Waals surface area contributed by atoms with E-state index in [-0.39, 0.29) is 42.6 Å². The van der Waals surface area contributed by atoms with E-state index in [9.17, 15) is 18.3 Å². The Morgan fingerprint density at radius 1 is 0.792 bits per heavy atom. The van der Waals surface area contributed by atoms with Crippen molar-refractivity contribution in [1.82, 2.24) is 14.9 Å². The minimum absolute atomic E-state index is 0.00575. The van der Waals surface area contributed by atoms with Crippen LogP contribution in [0, 0.1) is 12.8 Å². The van der Waals surface area contributed by atoms with Gasteiger partial charge in [-0.25, -0.2) is 8.42 Å². The number of aliphatic hydroxyl groups is 1. The van der Waals surface area contributed by atoms with E-state index in [1.54, 1.807) is 24.3 Å². The van der Waals surface area contributed by atoms with Gasteiger partial charge in [-0.05, 0) is 73.7 Å². The number of benzene rings is 4. The maximum atomic E-state index is 13.6. The highest BCUT2D eigenvalue weighted by molar-refractivity contribution is 7.89. The SMILES string of the molecule is Cc1ccc(S(=O)(=O)N[C@H](Cc2ccccc2)C(=O)NCc2ccc([C@H]3O[C@@H](CN4CCCCCCC4)[C@@H](C)[C@@H](c4ccc(CO)cc4)O3)cc2)cc1. The number of likely N-dealkylation sites (tertiary alicyclic amines) is 1. The molecule has 0 spiro atoms. The normalized spacial score (nSPS) is 22.0. The number of aliphatic hydroxyl groups excluding tert-OH is 1. The van der Waals surface area contributed by atoms with Crippen LogP contribution in [0.4, 0.5) is 0 Å². The third kappa shape index (κ3) is 10.6. The number of rotatable bonds is 13. The van der Waals surface area contributed by atoms with Crippen LogP contribution in [0.1, 0.15) is 84.8 Å². The van der Waals surface area contributed by atoms with Crippen molar-refractivity contribution in [2.45, 2.75) is 95.0 Å². The molecule has 0 saturated carbocycles. The van der Waals surface area contributed by atoms with Gasteiger partial charge in [-0.15, -0.1) is 0 Å².